The van der Waals surface area contributed by atoms with Crippen LogP contribution in [-0.4, -0.2) is 40.7 Å². The van der Waals surface area contributed by atoms with E-state index in [0.29, 0.717) is 6.42 Å². The van der Waals surface area contributed by atoms with E-state index in [2.05, 4.69) is 46.8 Å². The van der Waals surface area contributed by atoms with Crippen LogP contribution in [0.1, 0.15) is 38.3 Å². The molecule has 4 heteroatoms. The van der Waals surface area contributed by atoms with Crippen molar-refractivity contribution in [3.05, 3.63) is 28.5 Å². The van der Waals surface area contributed by atoms with Crippen molar-refractivity contribution in [2.75, 3.05) is 14.1 Å². The van der Waals surface area contributed by atoms with Gasteiger partial charge in [0, 0.05) is 28.3 Å². The summed E-state index contributed by atoms with van der Waals surface area (Å²) in [6, 6.07) is 3.97. The van der Waals surface area contributed by atoms with E-state index in [1.165, 1.54) is 12.8 Å². The molecule has 0 spiro atoms. The van der Waals surface area contributed by atoms with Gasteiger partial charge in [-0.05, 0) is 73.8 Å². The highest BCUT2D eigenvalue weighted by molar-refractivity contribution is 9.10. The molecule has 1 unspecified atom stereocenters. The summed E-state index contributed by atoms with van der Waals surface area (Å²) in [4.78, 5) is 6.62. The van der Waals surface area contributed by atoms with Crippen LogP contribution >= 0.6 is 15.9 Å². The van der Waals surface area contributed by atoms with Crippen LogP contribution in [0.2, 0.25) is 0 Å². The fourth-order valence-electron chi connectivity index (χ4n) is 3.26. The highest BCUT2D eigenvalue weighted by Crippen LogP contribution is 2.38. The molecule has 20 heavy (non-hydrogen) atoms. The van der Waals surface area contributed by atoms with Crippen LogP contribution in [0.5, 0.6) is 0 Å². The second kappa shape index (κ2) is 6.54. The van der Waals surface area contributed by atoms with Gasteiger partial charge in [0.2, 0.25) is 0 Å². The Labute approximate surface area is 130 Å². The summed E-state index contributed by atoms with van der Waals surface area (Å²) < 4.78 is 0.976. The second-order valence-electron chi connectivity index (χ2n) is 6.37. The Morgan fingerprint density at radius 1 is 1.40 bits per heavy atom. The molecule has 1 aromatic heterocycles. The summed E-state index contributed by atoms with van der Waals surface area (Å²) in [5.74, 6) is 0.779. The van der Waals surface area contributed by atoms with Crippen LogP contribution in [0.4, 0.5) is 0 Å². The summed E-state index contributed by atoms with van der Waals surface area (Å²) in [6.45, 7) is 2.31. The van der Waals surface area contributed by atoms with E-state index in [0.717, 1.165) is 28.9 Å². The third-order valence-electron chi connectivity index (χ3n) is 4.84. The van der Waals surface area contributed by atoms with Gasteiger partial charge < -0.3 is 10.0 Å². The highest BCUT2D eigenvalue weighted by atomic mass is 79.9. The zero-order valence-corrected chi connectivity index (χ0v) is 14.2. The summed E-state index contributed by atoms with van der Waals surface area (Å²) >= 11 is 3.40. The molecule has 0 aliphatic heterocycles. The van der Waals surface area contributed by atoms with Gasteiger partial charge in [-0.2, -0.15) is 0 Å². The van der Waals surface area contributed by atoms with Crippen LogP contribution in [0.25, 0.3) is 0 Å². The quantitative estimate of drug-likeness (QED) is 0.913. The molecular weight excluding hydrogens is 316 g/mol. The number of likely N-dealkylation sites (N-methyl/N-ethyl adjacent to an activating group) is 1. The van der Waals surface area contributed by atoms with E-state index in [1.54, 1.807) is 6.20 Å². The maximum absolute atomic E-state index is 10.8. The van der Waals surface area contributed by atoms with Gasteiger partial charge in [0.05, 0.1) is 6.10 Å². The average molecular weight is 341 g/mol. The topological polar surface area (TPSA) is 36.4 Å². The molecule has 1 atom stereocenters. The molecule has 0 saturated heterocycles. The molecule has 1 heterocycles. The van der Waals surface area contributed by atoms with Crippen molar-refractivity contribution < 1.29 is 5.11 Å². The number of aromatic nitrogens is 1. The molecule has 1 aliphatic carbocycles. The minimum Gasteiger partial charge on any atom is -0.391 e. The van der Waals surface area contributed by atoms with E-state index in [4.69, 9.17) is 0 Å². The molecule has 1 saturated carbocycles. The predicted molar refractivity (Wildman–Crippen MR) is 85.7 cm³/mol. The van der Waals surface area contributed by atoms with Crippen molar-refractivity contribution in [2.24, 2.45) is 5.92 Å². The highest BCUT2D eigenvalue weighted by Gasteiger charge is 2.42. The van der Waals surface area contributed by atoms with Crippen molar-refractivity contribution >= 4 is 15.9 Å². The first kappa shape index (κ1) is 15.9. The predicted octanol–water partition coefficient (Wildman–Crippen LogP) is 3.26. The van der Waals surface area contributed by atoms with Gasteiger partial charge in [-0.25, -0.2) is 0 Å². The van der Waals surface area contributed by atoms with E-state index in [-0.39, 0.29) is 11.6 Å². The van der Waals surface area contributed by atoms with Crippen molar-refractivity contribution in [1.29, 1.82) is 0 Å². The van der Waals surface area contributed by atoms with Gasteiger partial charge in [-0.1, -0.05) is 6.92 Å². The lowest BCUT2D eigenvalue weighted by Crippen LogP contribution is -2.56. The standard InChI is InChI=1S/C16H25BrN2O/c1-12-6-8-16(9-7-12,19(2)3)15(20)10-14-5-4-13(17)11-18-14/h4-5,11-12,15,20H,6-10H2,1-3H3. The van der Waals surface area contributed by atoms with Gasteiger partial charge in [-0.15, -0.1) is 0 Å². The van der Waals surface area contributed by atoms with Gasteiger partial charge in [-0.3, -0.25) is 4.98 Å². The third kappa shape index (κ3) is 3.41. The number of aliphatic hydroxyl groups excluding tert-OH is 1. The van der Waals surface area contributed by atoms with Crippen LogP contribution in [-0.2, 0) is 6.42 Å². The fraction of sp³-hybridized carbons (Fsp3) is 0.688. The lowest BCUT2D eigenvalue weighted by molar-refractivity contribution is -0.0386. The Morgan fingerprint density at radius 3 is 2.55 bits per heavy atom. The molecule has 1 aliphatic rings. The first-order chi connectivity index (χ1) is 9.44. The van der Waals surface area contributed by atoms with Crippen LogP contribution in [0, 0.1) is 5.92 Å². The van der Waals surface area contributed by atoms with E-state index in [9.17, 15) is 5.11 Å². The van der Waals surface area contributed by atoms with Crippen molar-refractivity contribution in [3.8, 4) is 0 Å². The smallest absolute Gasteiger partial charge is 0.0778 e. The zero-order chi connectivity index (χ0) is 14.8. The lowest BCUT2D eigenvalue weighted by atomic mass is 9.72. The maximum atomic E-state index is 10.8. The number of aliphatic hydroxyl groups is 1. The Kier molecular flexibility index (Phi) is 5.21. The number of hydrogen-bond acceptors (Lipinski definition) is 3. The molecule has 112 valence electrons. The van der Waals surface area contributed by atoms with Gasteiger partial charge >= 0.3 is 0 Å². The van der Waals surface area contributed by atoms with E-state index in [1.807, 2.05) is 12.1 Å². The summed E-state index contributed by atoms with van der Waals surface area (Å²) in [5.41, 5.74) is 0.863. The second-order valence-corrected chi connectivity index (χ2v) is 7.28. The van der Waals surface area contributed by atoms with E-state index >= 15 is 0 Å². The number of hydrogen-bond donors (Lipinski definition) is 1. The Bertz CT molecular complexity index is 425. The minimum absolute atomic E-state index is 0.0960. The average Bonchev–Trinajstić information content (AvgIpc) is 2.42. The van der Waals surface area contributed by atoms with Crippen molar-refractivity contribution in [1.82, 2.24) is 9.88 Å². The first-order valence-corrected chi connectivity index (χ1v) is 8.19. The minimum atomic E-state index is -0.362. The number of rotatable bonds is 4. The number of pyridine rings is 1. The summed E-state index contributed by atoms with van der Waals surface area (Å²) in [5, 5.41) is 10.8. The molecule has 0 amide bonds. The summed E-state index contributed by atoms with van der Waals surface area (Å²) in [7, 11) is 4.18. The molecule has 3 nitrogen and oxygen atoms in total. The molecule has 0 radical (unpaired) electrons. The zero-order valence-electron chi connectivity index (χ0n) is 12.6. The van der Waals surface area contributed by atoms with Crippen LogP contribution < -0.4 is 0 Å². The third-order valence-corrected chi connectivity index (χ3v) is 5.31. The van der Waals surface area contributed by atoms with Crippen molar-refractivity contribution in [3.63, 3.8) is 0 Å². The largest absolute Gasteiger partial charge is 0.391 e. The SMILES string of the molecule is CC1CCC(C(O)Cc2ccc(Br)cn2)(N(C)C)CC1. The Morgan fingerprint density at radius 2 is 2.05 bits per heavy atom. The Hall–Kier alpha value is -0.450. The van der Waals surface area contributed by atoms with Crippen molar-refractivity contribution in [2.45, 2.75) is 50.7 Å². The molecule has 0 bridgehead atoms. The molecule has 2 rings (SSSR count). The number of nitrogens with zero attached hydrogens (tertiary/aromatic N) is 2. The van der Waals surface area contributed by atoms with Crippen LogP contribution in [0.15, 0.2) is 22.8 Å². The van der Waals surface area contributed by atoms with Gasteiger partial charge in [0.15, 0.2) is 0 Å². The lowest BCUT2D eigenvalue weighted by Gasteiger charge is -2.47. The Balaban J connectivity index is 2.11. The summed E-state index contributed by atoms with van der Waals surface area (Å²) in [6.07, 6.45) is 6.59. The van der Waals surface area contributed by atoms with Crippen LogP contribution in [0.3, 0.4) is 0 Å². The fourth-order valence-corrected chi connectivity index (χ4v) is 3.49. The normalized spacial score (nSPS) is 28.6. The molecule has 1 N–H and O–H groups in total. The van der Waals surface area contributed by atoms with Gasteiger partial charge in [0.1, 0.15) is 0 Å². The number of halogens is 1. The van der Waals surface area contributed by atoms with E-state index < -0.39 is 0 Å². The molecule has 1 aromatic rings. The maximum Gasteiger partial charge on any atom is 0.0778 e. The van der Waals surface area contributed by atoms with Gasteiger partial charge in [0.25, 0.3) is 0 Å². The first-order valence-electron chi connectivity index (χ1n) is 7.40. The molecule has 0 aromatic carbocycles. The monoisotopic (exact) mass is 340 g/mol. The molecular formula is C16H25BrN2O. The molecule has 1 fully saturated rings.